The maximum absolute atomic E-state index is 6.32. The summed E-state index contributed by atoms with van der Waals surface area (Å²) in [6.07, 6.45) is 12.2. The van der Waals surface area contributed by atoms with E-state index in [0.717, 1.165) is 43.8 Å². The number of nitrogens with zero attached hydrogens (tertiary/aromatic N) is 3. The van der Waals surface area contributed by atoms with Gasteiger partial charge in [0.15, 0.2) is 0 Å². The van der Waals surface area contributed by atoms with E-state index in [4.69, 9.17) is 21.3 Å². The molecule has 0 spiro atoms. The van der Waals surface area contributed by atoms with Gasteiger partial charge in [-0.2, -0.15) is 5.10 Å². The van der Waals surface area contributed by atoms with E-state index in [9.17, 15) is 0 Å². The summed E-state index contributed by atoms with van der Waals surface area (Å²) < 4.78 is 5.81. The molecule has 3 aliphatic heterocycles. The van der Waals surface area contributed by atoms with Gasteiger partial charge in [0.05, 0.1) is 17.5 Å². The lowest BCUT2D eigenvalue weighted by atomic mass is 10.1. The minimum atomic E-state index is 0.376. The molecular formula is C19H28ClN3O. The summed E-state index contributed by atoms with van der Waals surface area (Å²) >= 11 is 6.32. The van der Waals surface area contributed by atoms with Gasteiger partial charge in [0.1, 0.15) is 5.17 Å². The van der Waals surface area contributed by atoms with Crippen LogP contribution in [0.4, 0.5) is 0 Å². The Labute approximate surface area is 150 Å². The van der Waals surface area contributed by atoms with Gasteiger partial charge in [-0.1, -0.05) is 37.6 Å². The van der Waals surface area contributed by atoms with E-state index < -0.39 is 0 Å². The van der Waals surface area contributed by atoms with Crippen LogP contribution in [-0.4, -0.2) is 35.1 Å². The van der Waals surface area contributed by atoms with Gasteiger partial charge in [-0.25, -0.2) is 5.01 Å². The Morgan fingerprint density at radius 1 is 1.42 bits per heavy atom. The number of ether oxygens (including phenoxy) is 1. The lowest BCUT2D eigenvalue weighted by molar-refractivity contribution is 0.0129. The molecule has 0 N–H and O–H groups in total. The van der Waals surface area contributed by atoms with Crippen molar-refractivity contribution in [3.05, 3.63) is 23.5 Å². The van der Waals surface area contributed by atoms with Crippen molar-refractivity contribution in [2.45, 2.75) is 64.9 Å². The standard InChI is InChI=1S/C19H28ClN3O/c1-3-15-12-14(2)7-8-18-17(13-19(20)22-23(15)18)21-10-9-16-6-4-5-11-24-16/h8,12,14,16H,3-7,9-11,13H2,1-2H3. The lowest BCUT2D eigenvalue weighted by Gasteiger charge is -2.29. The maximum Gasteiger partial charge on any atom is 0.133 e. The maximum atomic E-state index is 6.32. The minimum absolute atomic E-state index is 0.376. The molecule has 2 unspecified atom stereocenters. The molecule has 1 saturated heterocycles. The highest BCUT2D eigenvalue weighted by Crippen LogP contribution is 2.30. The summed E-state index contributed by atoms with van der Waals surface area (Å²) in [5, 5.41) is 7.20. The van der Waals surface area contributed by atoms with Crippen molar-refractivity contribution in [3.8, 4) is 0 Å². The van der Waals surface area contributed by atoms with Gasteiger partial charge >= 0.3 is 0 Å². The van der Waals surface area contributed by atoms with Crippen LogP contribution in [0.2, 0.25) is 0 Å². The first kappa shape index (κ1) is 17.7. The fourth-order valence-corrected chi connectivity index (χ4v) is 3.72. The van der Waals surface area contributed by atoms with Crippen LogP contribution in [0, 0.1) is 5.92 Å². The molecule has 24 heavy (non-hydrogen) atoms. The van der Waals surface area contributed by atoms with E-state index in [-0.39, 0.29) is 0 Å². The lowest BCUT2D eigenvalue weighted by Crippen LogP contribution is -2.29. The van der Waals surface area contributed by atoms with Crippen LogP contribution in [0.3, 0.4) is 0 Å². The molecule has 3 rings (SSSR count). The van der Waals surface area contributed by atoms with E-state index in [1.165, 1.54) is 25.0 Å². The van der Waals surface area contributed by atoms with Crippen LogP contribution < -0.4 is 0 Å². The number of hydrazone groups is 1. The smallest absolute Gasteiger partial charge is 0.133 e. The van der Waals surface area contributed by atoms with Gasteiger partial charge in [0.25, 0.3) is 0 Å². The quantitative estimate of drug-likeness (QED) is 0.726. The van der Waals surface area contributed by atoms with Gasteiger partial charge in [-0.15, -0.1) is 0 Å². The van der Waals surface area contributed by atoms with Crippen molar-refractivity contribution in [1.82, 2.24) is 5.01 Å². The Morgan fingerprint density at radius 2 is 2.29 bits per heavy atom. The first-order chi connectivity index (χ1) is 11.7. The van der Waals surface area contributed by atoms with E-state index in [1.54, 1.807) is 0 Å². The number of allylic oxidation sites excluding steroid dienone is 4. The highest BCUT2D eigenvalue weighted by atomic mass is 35.5. The van der Waals surface area contributed by atoms with Crippen LogP contribution >= 0.6 is 11.6 Å². The summed E-state index contributed by atoms with van der Waals surface area (Å²) in [6, 6.07) is 0. The zero-order valence-electron chi connectivity index (χ0n) is 14.8. The summed E-state index contributed by atoms with van der Waals surface area (Å²) in [7, 11) is 0. The zero-order chi connectivity index (χ0) is 16.9. The van der Waals surface area contributed by atoms with Crippen molar-refractivity contribution < 1.29 is 4.74 Å². The molecule has 4 nitrogen and oxygen atoms in total. The molecule has 0 radical (unpaired) electrons. The normalized spacial score (nSPS) is 29.5. The molecule has 0 aromatic rings. The van der Waals surface area contributed by atoms with E-state index in [1.807, 2.05) is 5.01 Å². The Kier molecular flexibility index (Phi) is 6.12. The molecule has 0 aliphatic carbocycles. The summed E-state index contributed by atoms with van der Waals surface area (Å²) in [4.78, 5) is 4.88. The van der Waals surface area contributed by atoms with Gasteiger partial charge in [0, 0.05) is 25.3 Å². The molecule has 0 bridgehead atoms. The topological polar surface area (TPSA) is 37.2 Å². The third-order valence-electron chi connectivity index (χ3n) is 4.87. The van der Waals surface area contributed by atoms with E-state index in [0.29, 0.717) is 23.6 Å². The van der Waals surface area contributed by atoms with Gasteiger partial charge in [0.2, 0.25) is 0 Å². The van der Waals surface area contributed by atoms with Crippen LogP contribution in [0.15, 0.2) is 33.6 Å². The Balaban J connectivity index is 1.74. The molecule has 0 aromatic heterocycles. The monoisotopic (exact) mass is 349 g/mol. The fourth-order valence-electron chi connectivity index (χ4n) is 3.52. The molecule has 1 fully saturated rings. The number of aliphatic imine (C=N–C) groups is 1. The number of halogens is 1. The Morgan fingerprint density at radius 3 is 3.04 bits per heavy atom. The highest BCUT2D eigenvalue weighted by Gasteiger charge is 2.26. The summed E-state index contributed by atoms with van der Waals surface area (Å²) in [5.41, 5.74) is 3.41. The van der Waals surface area contributed by atoms with Crippen molar-refractivity contribution in [3.63, 3.8) is 0 Å². The molecule has 5 heteroatoms. The second-order valence-electron chi connectivity index (χ2n) is 6.88. The minimum Gasteiger partial charge on any atom is -0.378 e. The van der Waals surface area contributed by atoms with Gasteiger partial charge < -0.3 is 4.74 Å². The predicted molar refractivity (Wildman–Crippen MR) is 100 cm³/mol. The van der Waals surface area contributed by atoms with Crippen LogP contribution in [-0.2, 0) is 4.74 Å². The van der Waals surface area contributed by atoms with Crippen molar-refractivity contribution in [2.24, 2.45) is 16.0 Å². The first-order valence-corrected chi connectivity index (χ1v) is 9.64. The molecular weight excluding hydrogens is 322 g/mol. The van der Waals surface area contributed by atoms with E-state index >= 15 is 0 Å². The van der Waals surface area contributed by atoms with E-state index in [2.05, 4.69) is 31.1 Å². The Bertz CT molecular complexity index is 573. The molecule has 0 aromatic carbocycles. The highest BCUT2D eigenvalue weighted by molar-refractivity contribution is 6.67. The van der Waals surface area contributed by atoms with Crippen LogP contribution in [0.5, 0.6) is 0 Å². The summed E-state index contributed by atoms with van der Waals surface area (Å²) in [5.74, 6) is 0.518. The number of fused-ring (bicyclic) bond motifs is 1. The third kappa shape index (κ3) is 4.28. The molecule has 3 aliphatic rings. The second kappa shape index (κ2) is 8.30. The molecule has 0 amide bonds. The molecule has 3 heterocycles. The number of rotatable bonds is 4. The van der Waals surface area contributed by atoms with Crippen molar-refractivity contribution in [2.75, 3.05) is 13.2 Å². The Hall–Kier alpha value is -1.13. The molecule has 2 atom stereocenters. The average Bonchev–Trinajstić information content (AvgIpc) is 2.75. The average molecular weight is 350 g/mol. The van der Waals surface area contributed by atoms with Crippen LogP contribution in [0.1, 0.15) is 58.8 Å². The largest absolute Gasteiger partial charge is 0.378 e. The number of hydrogen-bond acceptors (Lipinski definition) is 4. The fraction of sp³-hybridized carbons (Fsp3) is 0.684. The van der Waals surface area contributed by atoms with Crippen molar-refractivity contribution in [1.29, 1.82) is 0 Å². The van der Waals surface area contributed by atoms with Crippen molar-refractivity contribution >= 4 is 22.5 Å². The van der Waals surface area contributed by atoms with Gasteiger partial charge in [-0.3, -0.25) is 4.99 Å². The molecule has 0 saturated carbocycles. The predicted octanol–water partition coefficient (Wildman–Crippen LogP) is 4.86. The van der Waals surface area contributed by atoms with Gasteiger partial charge in [-0.05, 0) is 44.4 Å². The second-order valence-corrected chi connectivity index (χ2v) is 7.32. The summed E-state index contributed by atoms with van der Waals surface area (Å²) in [6.45, 7) is 6.11. The van der Waals surface area contributed by atoms with Crippen LogP contribution in [0.25, 0.3) is 0 Å². The zero-order valence-corrected chi connectivity index (χ0v) is 15.6. The number of hydrogen-bond donors (Lipinski definition) is 0. The first-order valence-electron chi connectivity index (χ1n) is 9.26. The SMILES string of the molecule is CCC1=CC(C)CC=C2C(=NCCC3CCCCO3)CC(Cl)=NN12. The molecule has 132 valence electrons. The third-order valence-corrected chi connectivity index (χ3v) is 5.08.